The van der Waals surface area contributed by atoms with Crippen molar-refractivity contribution in [2.75, 3.05) is 0 Å². The number of aliphatic imine (C=N–C) groups is 2. The first-order valence-corrected chi connectivity index (χ1v) is 6.79. The number of nitrogens with zero attached hydrogens (tertiary/aromatic N) is 3. The number of amidine groups is 1. The zero-order valence-corrected chi connectivity index (χ0v) is 12.4. The van der Waals surface area contributed by atoms with E-state index in [9.17, 15) is 10.1 Å². The van der Waals surface area contributed by atoms with E-state index in [2.05, 4.69) is 25.9 Å². The summed E-state index contributed by atoms with van der Waals surface area (Å²) in [5.41, 5.74) is 10.5. The van der Waals surface area contributed by atoms with Gasteiger partial charge in [-0.1, -0.05) is 35.0 Å². The van der Waals surface area contributed by atoms with E-state index < -0.39 is 16.8 Å². The van der Waals surface area contributed by atoms with Crippen LogP contribution in [0.3, 0.4) is 0 Å². The lowest BCUT2D eigenvalue weighted by Gasteiger charge is -2.30. The van der Waals surface area contributed by atoms with E-state index in [1.807, 2.05) is 0 Å². The molecule has 0 aromatic heterocycles. The first-order valence-electron chi connectivity index (χ1n) is 6.00. The van der Waals surface area contributed by atoms with E-state index in [1.54, 1.807) is 31.2 Å². The average Bonchev–Trinajstić information content (AvgIpc) is 2.39. The van der Waals surface area contributed by atoms with Crippen molar-refractivity contribution in [1.29, 1.82) is 0 Å². The predicted molar refractivity (Wildman–Crippen MR) is 80.1 cm³/mol. The van der Waals surface area contributed by atoms with Crippen LogP contribution in [-0.2, 0) is 5.54 Å². The molecule has 2 atom stereocenters. The van der Waals surface area contributed by atoms with Gasteiger partial charge >= 0.3 is 5.54 Å². The Bertz CT molecular complexity index is 616. The average molecular weight is 340 g/mol. The number of nitrogens with two attached hydrogens (primary N) is 2. The van der Waals surface area contributed by atoms with Gasteiger partial charge in [-0.2, -0.15) is 0 Å². The summed E-state index contributed by atoms with van der Waals surface area (Å²) in [6.07, 6.45) is -0.535. The predicted octanol–water partition coefficient (Wildman–Crippen LogP) is 1.39. The van der Waals surface area contributed by atoms with Gasteiger partial charge in [0, 0.05) is 9.40 Å². The fraction of sp³-hybridized carbons (Fsp3) is 0.333. The summed E-state index contributed by atoms with van der Waals surface area (Å²) < 4.78 is 0.575. The van der Waals surface area contributed by atoms with Crippen molar-refractivity contribution in [1.82, 2.24) is 0 Å². The molecule has 2 unspecified atom stereocenters. The van der Waals surface area contributed by atoms with Crippen LogP contribution >= 0.6 is 15.9 Å². The second-order valence-corrected chi connectivity index (χ2v) is 5.16. The molecule has 0 spiro atoms. The van der Waals surface area contributed by atoms with Crippen LogP contribution in [0.4, 0.5) is 0 Å². The van der Waals surface area contributed by atoms with E-state index in [0.717, 1.165) is 0 Å². The highest BCUT2D eigenvalue weighted by Crippen LogP contribution is 2.36. The van der Waals surface area contributed by atoms with Crippen molar-refractivity contribution in [3.05, 3.63) is 44.4 Å². The lowest BCUT2D eigenvalue weighted by molar-refractivity contribution is -0.534. The Balaban J connectivity index is 2.79. The highest BCUT2D eigenvalue weighted by Gasteiger charge is 2.56. The Morgan fingerprint density at radius 3 is 2.65 bits per heavy atom. The Kier molecular flexibility index (Phi) is 3.87. The molecule has 4 N–H and O–H groups in total. The normalized spacial score (nSPS) is 25.9. The van der Waals surface area contributed by atoms with Crippen LogP contribution in [-0.4, -0.2) is 22.8 Å². The number of benzene rings is 1. The van der Waals surface area contributed by atoms with Crippen LogP contribution in [0.5, 0.6) is 0 Å². The largest absolute Gasteiger partial charge is 0.381 e. The molecule has 0 fully saturated rings. The lowest BCUT2D eigenvalue weighted by Crippen LogP contribution is -2.57. The van der Waals surface area contributed by atoms with Crippen molar-refractivity contribution in [3.63, 3.8) is 0 Å². The van der Waals surface area contributed by atoms with Gasteiger partial charge < -0.3 is 5.73 Å². The number of rotatable bonds is 3. The highest BCUT2D eigenvalue weighted by molar-refractivity contribution is 9.10. The SMILES string of the molecule is CCC1=NC(N)N=C(N)C1(c1ccccc1Br)[N+](=O)[O-]. The molecule has 1 aromatic carbocycles. The van der Waals surface area contributed by atoms with Gasteiger partial charge in [-0.3, -0.25) is 15.8 Å². The van der Waals surface area contributed by atoms with Crippen molar-refractivity contribution in [2.45, 2.75) is 25.2 Å². The summed E-state index contributed by atoms with van der Waals surface area (Å²) >= 11 is 3.33. The fourth-order valence-electron chi connectivity index (χ4n) is 2.36. The summed E-state index contributed by atoms with van der Waals surface area (Å²) in [7, 11) is 0. The van der Waals surface area contributed by atoms with Gasteiger partial charge in [0.05, 0.1) is 5.56 Å². The zero-order chi connectivity index (χ0) is 14.9. The third-order valence-electron chi connectivity index (χ3n) is 3.22. The minimum Gasteiger partial charge on any atom is -0.381 e. The number of hydrogen-bond acceptors (Lipinski definition) is 6. The number of nitro groups is 1. The van der Waals surface area contributed by atoms with Crippen molar-refractivity contribution >= 4 is 27.5 Å². The third kappa shape index (κ3) is 2.01. The maximum absolute atomic E-state index is 11.8. The maximum Gasteiger partial charge on any atom is 0.341 e. The highest BCUT2D eigenvalue weighted by atomic mass is 79.9. The smallest absolute Gasteiger partial charge is 0.341 e. The van der Waals surface area contributed by atoms with E-state index >= 15 is 0 Å². The molecule has 0 saturated heterocycles. The Hall–Kier alpha value is -1.80. The summed E-state index contributed by atoms with van der Waals surface area (Å²) in [5.74, 6) is -0.145. The van der Waals surface area contributed by atoms with E-state index in [1.165, 1.54) is 0 Å². The Morgan fingerprint density at radius 2 is 2.10 bits per heavy atom. The van der Waals surface area contributed by atoms with E-state index in [4.69, 9.17) is 11.5 Å². The lowest BCUT2D eigenvalue weighted by atomic mass is 9.82. The molecule has 106 valence electrons. The molecule has 20 heavy (non-hydrogen) atoms. The van der Waals surface area contributed by atoms with Crippen molar-refractivity contribution in [3.8, 4) is 0 Å². The van der Waals surface area contributed by atoms with Gasteiger partial charge in [0.2, 0.25) is 0 Å². The van der Waals surface area contributed by atoms with Crippen LogP contribution < -0.4 is 11.5 Å². The molecule has 0 amide bonds. The first kappa shape index (κ1) is 14.6. The maximum atomic E-state index is 11.8. The summed E-state index contributed by atoms with van der Waals surface area (Å²) in [6, 6.07) is 6.83. The Morgan fingerprint density at radius 1 is 1.45 bits per heavy atom. The van der Waals surface area contributed by atoms with Gasteiger partial charge in [0.15, 0.2) is 12.1 Å². The molecule has 8 heteroatoms. The third-order valence-corrected chi connectivity index (χ3v) is 3.91. The van der Waals surface area contributed by atoms with Gasteiger partial charge in [-0.05, 0) is 18.6 Å². The van der Waals surface area contributed by atoms with Crippen molar-refractivity contribution in [2.24, 2.45) is 21.5 Å². The molecule has 1 aliphatic rings. The molecule has 1 aromatic rings. The van der Waals surface area contributed by atoms with Gasteiger partial charge in [-0.15, -0.1) is 0 Å². The molecule has 0 radical (unpaired) electrons. The summed E-state index contributed by atoms with van der Waals surface area (Å²) in [6.45, 7) is 1.78. The minimum absolute atomic E-state index is 0.145. The van der Waals surface area contributed by atoms with Gasteiger partial charge in [0.1, 0.15) is 5.71 Å². The minimum atomic E-state index is -1.76. The zero-order valence-electron chi connectivity index (χ0n) is 10.8. The van der Waals surface area contributed by atoms with E-state index in [0.29, 0.717) is 22.2 Å². The molecule has 1 aliphatic heterocycles. The fourth-order valence-corrected chi connectivity index (χ4v) is 2.93. The van der Waals surface area contributed by atoms with Crippen LogP contribution in [0.15, 0.2) is 38.7 Å². The van der Waals surface area contributed by atoms with Crippen molar-refractivity contribution < 1.29 is 4.92 Å². The molecule has 2 rings (SSSR count). The molecule has 0 bridgehead atoms. The Labute approximate surface area is 124 Å². The molecule has 0 aliphatic carbocycles. The number of halogens is 1. The number of hydrogen-bond donors (Lipinski definition) is 2. The molecule has 0 saturated carbocycles. The second kappa shape index (κ2) is 5.29. The summed E-state index contributed by atoms with van der Waals surface area (Å²) in [4.78, 5) is 19.4. The quantitative estimate of drug-likeness (QED) is 0.638. The second-order valence-electron chi connectivity index (χ2n) is 4.30. The monoisotopic (exact) mass is 339 g/mol. The van der Waals surface area contributed by atoms with E-state index in [-0.39, 0.29) is 5.84 Å². The standard InChI is InChI=1S/C12H14BrN5O2/c1-2-9-12(18(19)20,10(14)17-11(15)16-9)7-5-3-4-6-8(7)13/h3-6,11H,2,15H2,1H3,(H2,14,17). The van der Waals surface area contributed by atoms with Gasteiger partial charge in [-0.25, -0.2) is 9.98 Å². The van der Waals surface area contributed by atoms with Gasteiger partial charge in [0.25, 0.3) is 0 Å². The molecular weight excluding hydrogens is 326 g/mol. The molecular formula is C12H14BrN5O2. The molecule has 1 heterocycles. The topological polar surface area (TPSA) is 120 Å². The molecule has 7 nitrogen and oxygen atoms in total. The summed E-state index contributed by atoms with van der Waals surface area (Å²) in [5, 5.41) is 11.8. The van der Waals surface area contributed by atoms with Crippen LogP contribution in [0.25, 0.3) is 0 Å². The van der Waals surface area contributed by atoms with Crippen LogP contribution in [0.2, 0.25) is 0 Å². The first-order chi connectivity index (χ1) is 9.44. The van der Waals surface area contributed by atoms with Crippen LogP contribution in [0.1, 0.15) is 18.9 Å². The van der Waals surface area contributed by atoms with Crippen LogP contribution in [0, 0.1) is 10.1 Å².